The summed E-state index contributed by atoms with van der Waals surface area (Å²) < 4.78 is 0. The van der Waals surface area contributed by atoms with E-state index >= 15 is 0 Å². The van der Waals surface area contributed by atoms with Gasteiger partial charge in [-0.2, -0.15) is 0 Å². The summed E-state index contributed by atoms with van der Waals surface area (Å²) in [4.78, 5) is 32.2. The maximum Gasteiger partial charge on any atom is 0.227 e. The Morgan fingerprint density at radius 1 is 1.21 bits per heavy atom. The quantitative estimate of drug-likeness (QED) is 0.371. The standard InChI is InChI=1S/C21H29N5O2.HI/c1-22-20(25-10-3-9-21(15-25)12-18(27)24-14-21)23-13-16-5-7-17(8-6-16)26-11-2-4-19(26)28;/h5-8H,2-4,9-15H2,1H3,(H,22,23)(H,24,27);1H. The predicted octanol–water partition coefficient (Wildman–Crippen LogP) is 2.11. The van der Waals surface area contributed by atoms with Crippen molar-refractivity contribution in [1.82, 2.24) is 15.5 Å². The highest BCUT2D eigenvalue weighted by atomic mass is 127. The Hall–Kier alpha value is -1.84. The number of nitrogens with zero attached hydrogens (tertiary/aromatic N) is 3. The number of piperidine rings is 1. The molecular formula is C21H30IN5O2. The molecule has 3 aliphatic heterocycles. The molecule has 0 bridgehead atoms. The van der Waals surface area contributed by atoms with Gasteiger partial charge in [-0.1, -0.05) is 12.1 Å². The van der Waals surface area contributed by atoms with Crippen molar-refractivity contribution in [3.8, 4) is 0 Å². The molecule has 7 nitrogen and oxygen atoms in total. The van der Waals surface area contributed by atoms with E-state index in [-0.39, 0.29) is 41.2 Å². The molecule has 29 heavy (non-hydrogen) atoms. The van der Waals surface area contributed by atoms with E-state index in [1.165, 1.54) is 0 Å². The van der Waals surface area contributed by atoms with Crippen molar-refractivity contribution in [2.75, 3.05) is 38.1 Å². The molecule has 2 amide bonds. The van der Waals surface area contributed by atoms with Crippen LogP contribution in [0.5, 0.6) is 0 Å². The smallest absolute Gasteiger partial charge is 0.227 e. The van der Waals surface area contributed by atoms with Crippen LogP contribution in [0.3, 0.4) is 0 Å². The molecule has 158 valence electrons. The van der Waals surface area contributed by atoms with Crippen LogP contribution in [-0.2, 0) is 16.1 Å². The summed E-state index contributed by atoms with van der Waals surface area (Å²) in [6.07, 6.45) is 4.39. The first-order valence-electron chi connectivity index (χ1n) is 10.2. The fourth-order valence-corrected chi connectivity index (χ4v) is 4.66. The minimum atomic E-state index is 0. The van der Waals surface area contributed by atoms with Crippen molar-refractivity contribution in [2.24, 2.45) is 10.4 Å². The lowest BCUT2D eigenvalue weighted by Crippen LogP contribution is -2.51. The number of amides is 2. The number of carbonyl (C=O) groups is 2. The Morgan fingerprint density at radius 3 is 2.62 bits per heavy atom. The Labute approximate surface area is 189 Å². The minimum absolute atomic E-state index is 0. The molecule has 1 aromatic carbocycles. The van der Waals surface area contributed by atoms with Gasteiger partial charge in [0, 0.05) is 63.7 Å². The molecule has 1 unspecified atom stereocenters. The molecule has 0 aromatic heterocycles. The maximum atomic E-state index is 11.9. The number of halogens is 1. The molecule has 1 spiro atoms. The zero-order chi connectivity index (χ0) is 19.6. The largest absolute Gasteiger partial charge is 0.355 e. The lowest BCUT2D eigenvalue weighted by atomic mass is 9.79. The van der Waals surface area contributed by atoms with Crippen molar-refractivity contribution in [2.45, 2.75) is 38.6 Å². The van der Waals surface area contributed by atoms with E-state index < -0.39 is 0 Å². The highest BCUT2D eigenvalue weighted by Crippen LogP contribution is 2.36. The monoisotopic (exact) mass is 511 g/mol. The van der Waals surface area contributed by atoms with Gasteiger partial charge in [-0.3, -0.25) is 14.6 Å². The van der Waals surface area contributed by atoms with Crippen LogP contribution in [0.2, 0.25) is 0 Å². The van der Waals surface area contributed by atoms with Gasteiger partial charge in [0.2, 0.25) is 11.8 Å². The second kappa shape index (κ2) is 9.32. The van der Waals surface area contributed by atoms with Crippen molar-refractivity contribution < 1.29 is 9.59 Å². The van der Waals surface area contributed by atoms with Crippen molar-refractivity contribution in [3.63, 3.8) is 0 Å². The number of aliphatic imine (C=N–C) groups is 1. The van der Waals surface area contributed by atoms with Gasteiger partial charge in [0.25, 0.3) is 0 Å². The second-order valence-electron chi connectivity index (χ2n) is 8.19. The fourth-order valence-electron chi connectivity index (χ4n) is 4.66. The van der Waals surface area contributed by atoms with Gasteiger partial charge < -0.3 is 20.4 Å². The molecule has 0 radical (unpaired) electrons. The van der Waals surface area contributed by atoms with Crippen LogP contribution in [0.25, 0.3) is 0 Å². The van der Waals surface area contributed by atoms with Crippen molar-refractivity contribution in [3.05, 3.63) is 29.8 Å². The van der Waals surface area contributed by atoms with Gasteiger partial charge in [-0.25, -0.2) is 0 Å². The number of anilines is 1. The third-order valence-electron chi connectivity index (χ3n) is 6.14. The summed E-state index contributed by atoms with van der Waals surface area (Å²) in [5.74, 6) is 1.27. The maximum absolute atomic E-state index is 11.9. The Kier molecular flexibility index (Phi) is 7.02. The molecule has 8 heteroatoms. The highest BCUT2D eigenvalue weighted by molar-refractivity contribution is 14.0. The Balaban J connectivity index is 0.00000240. The van der Waals surface area contributed by atoms with Gasteiger partial charge in [0.05, 0.1) is 0 Å². The molecule has 0 saturated carbocycles. The predicted molar refractivity (Wildman–Crippen MR) is 125 cm³/mol. The first-order chi connectivity index (χ1) is 13.6. The third-order valence-corrected chi connectivity index (χ3v) is 6.14. The molecule has 1 aromatic rings. The van der Waals surface area contributed by atoms with E-state index in [2.05, 4.69) is 32.7 Å². The van der Waals surface area contributed by atoms with Gasteiger partial charge >= 0.3 is 0 Å². The zero-order valence-corrected chi connectivity index (χ0v) is 19.3. The number of benzene rings is 1. The zero-order valence-electron chi connectivity index (χ0n) is 16.9. The molecule has 0 aliphatic carbocycles. The second-order valence-corrected chi connectivity index (χ2v) is 8.19. The molecule has 3 fully saturated rings. The first-order valence-corrected chi connectivity index (χ1v) is 10.2. The summed E-state index contributed by atoms with van der Waals surface area (Å²) in [5.41, 5.74) is 2.18. The molecule has 1 atom stereocenters. The number of rotatable bonds is 3. The van der Waals surface area contributed by atoms with Crippen LogP contribution in [-0.4, -0.2) is 55.9 Å². The molecule has 4 rings (SSSR count). The SMILES string of the molecule is CN=C(NCc1ccc(N2CCCC2=O)cc1)N1CCCC2(CNC(=O)C2)C1.I. The molecule has 3 saturated heterocycles. The van der Waals surface area contributed by atoms with E-state index in [1.807, 2.05) is 24.1 Å². The number of carbonyl (C=O) groups excluding carboxylic acids is 2. The summed E-state index contributed by atoms with van der Waals surface area (Å²) in [7, 11) is 1.81. The number of likely N-dealkylation sites (tertiary alicyclic amines) is 1. The van der Waals surface area contributed by atoms with Gasteiger partial charge in [-0.15, -0.1) is 24.0 Å². The average Bonchev–Trinajstić information content (AvgIpc) is 3.28. The topological polar surface area (TPSA) is 77.0 Å². The fraction of sp³-hybridized carbons (Fsp3) is 0.571. The first kappa shape index (κ1) is 21.9. The molecule has 3 aliphatic rings. The van der Waals surface area contributed by atoms with Crippen LogP contribution in [0.1, 0.15) is 37.7 Å². The van der Waals surface area contributed by atoms with E-state index in [0.717, 1.165) is 62.7 Å². The van der Waals surface area contributed by atoms with Gasteiger partial charge in [0.1, 0.15) is 0 Å². The molecule has 2 N–H and O–H groups in total. The van der Waals surface area contributed by atoms with Gasteiger partial charge in [-0.05, 0) is 37.0 Å². The number of hydrogen-bond acceptors (Lipinski definition) is 3. The van der Waals surface area contributed by atoms with Crippen LogP contribution in [0, 0.1) is 5.41 Å². The van der Waals surface area contributed by atoms with E-state index in [0.29, 0.717) is 19.4 Å². The molecular weight excluding hydrogens is 481 g/mol. The van der Waals surface area contributed by atoms with Crippen molar-refractivity contribution >= 4 is 47.4 Å². The number of guanidine groups is 1. The van der Waals surface area contributed by atoms with Crippen LogP contribution in [0.4, 0.5) is 5.69 Å². The normalized spacial score (nSPS) is 24.7. The van der Waals surface area contributed by atoms with Crippen LogP contribution in [0.15, 0.2) is 29.3 Å². The summed E-state index contributed by atoms with van der Waals surface area (Å²) in [6, 6.07) is 8.18. The van der Waals surface area contributed by atoms with E-state index in [4.69, 9.17) is 0 Å². The van der Waals surface area contributed by atoms with Crippen molar-refractivity contribution in [1.29, 1.82) is 0 Å². The van der Waals surface area contributed by atoms with Crippen LogP contribution >= 0.6 is 24.0 Å². The van der Waals surface area contributed by atoms with Gasteiger partial charge in [0.15, 0.2) is 5.96 Å². The summed E-state index contributed by atoms with van der Waals surface area (Å²) >= 11 is 0. The number of hydrogen-bond donors (Lipinski definition) is 2. The summed E-state index contributed by atoms with van der Waals surface area (Å²) in [6.45, 7) is 4.10. The lowest BCUT2D eigenvalue weighted by Gasteiger charge is -2.40. The number of nitrogens with one attached hydrogen (secondary N) is 2. The van der Waals surface area contributed by atoms with E-state index in [9.17, 15) is 9.59 Å². The average molecular weight is 511 g/mol. The minimum Gasteiger partial charge on any atom is -0.355 e. The summed E-state index contributed by atoms with van der Waals surface area (Å²) in [5, 5.41) is 6.45. The third kappa shape index (κ3) is 4.84. The molecule has 3 heterocycles. The van der Waals surface area contributed by atoms with E-state index in [1.54, 1.807) is 0 Å². The Morgan fingerprint density at radius 2 is 2.00 bits per heavy atom. The van der Waals surface area contributed by atoms with Crippen LogP contribution < -0.4 is 15.5 Å². The lowest BCUT2D eigenvalue weighted by molar-refractivity contribution is -0.120. The Bertz CT molecular complexity index is 782. The highest BCUT2D eigenvalue weighted by Gasteiger charge is 2.42.